The fourth-order valence-corrected chi connectivity index (χ4v) is 2.81. The van der Waals surface area contributed by atoms with Crippen LogP contribution in [0.25, 0.3) is 10.9 Å². The van der Waals surface area contributed by atoms with Crippen LogP contribution in [0.3, 0.4) is 0 Å². The molecule has 0 aliphatic rings. The zero-order chi connectivity index (χ0) is 14.8. The number of halogens is 1. The zero-order valence-electron chi connectivity index (χ0n) is 11.7. The van der Waals surface area contributed by atoms with E-state index in [0.29, 0.717) is 5.69 Å². The Kier molecular flexibility index (Phi) is 3.80. The fourth-order valence-electron chi connectivity index (χ4n) is 2.39. The molecule has 0 bridgehead atoms. The van der Waals surface area contributed by atoms with Gasteiger partial charge in [-0.3, -0.25) is 4.98 Å². The third-order valence-electron chi connectivity index (χ3n) is 3.51. The summed E-state index contributed by atoms with van der Waals surface area (Å²) in [6.07, 6.45) is 1.71. The van der Waals surface area contributed by atoms with Gasteiger partial charge in [0.25, 0.3) is 0 Å². The minimum absolute atomic E-state index is 0.149. The topological polar surface area (TPSA) is 50.9 Å². The lowest BCUT2D eigenvalue weighted by Crippen LogP contribution is -2.09. The maximum atomic E-state index is 6.11. The molecule has 0 aliphatic carbocycles. The lowest BCUT2D eigenvalue weighted by molar-refractivity contribution is 0.886. The van der Waals surface area contributed by atoms with Crippen LogP contribution in [0.5, 0.6) is 0 Å². The van der Waals surface area contributed by atoms with Crippen LogP contribution >= 0.6 is 15.9 Å². The number of anilines is 2. The van der Waals surface area contributed by atoms with Crippen LogP contribution in [-0.4, -0.2) is 4.98 Å². The number of rotatable bonds is 3. The summed E-state index contributed by atoms with van der Waals surface area (Å²) in [6.45, 7) is 2.12. The van der Waals surface area contributed by atoms with Crippen molar-refractivity contribution in [1.82, 2.24) is 4.98 Å². The van der Waals surface area contributed by atoms with Gasteiger partial charge in [0.15, 0.2) is 0 Å². The third-order valence-corrected chi connectivity index (χ3v) is 4.01. The molecule has 1 unspecified atom stereocenters. The molecule has 3 N–H and O–H groups in total. The van der Waals surface area contributed by atoms with E-state index >= 15 is 0 Å². The molecule has 21 heavy (non-hydrogen) atoms. The van der Waals surface area contributed by atoms with Crippen LogP contribution in [0.1, 0.15) is 18.5 Å². The van der Waals surface area contributed by atoms with E-state index in [2.05, 4.69) is 45.3 Å². The first-order chi connectivity index (χ1) is 10.1. The van der Waals surface area contributed by atoms with Gasteiger partial charge in [0, 0.05) is 15.9 Å². The van der Waals surface area contributed by atoms with Crippen LogP contribution < -0.4 is 11.1 Å². The molecule has 2 aromatic carbocycles. The Labute approximate surface area is 132 Å². The Morgan fingerprint density at radius 1 is 1.14 bits per heavy atom. The van der Waals surface area contributed by atoms with Gasteiger partial charge in [0.1, 0.15) is 0 Å². The van der Waals surface area contributed by atoms with Crippen molar-refractivity contribution in [2.75, 3.05) is 11.1 Å². The molecule has 0 radical (unpaired) electrons. The molecule has 0 fully saturated rings. The quantitative estimate of drug-likeness (QED) is 0.722. The third kappa shape index (κ3) is 2.85. The summed E-state index contributed by atoms with van der Waals surface area (Å²) in [4.78, 5) is 4.36. The molecule has 0 amide bonds. The van der Waals surface area contributed by atoms with Gasteiger partial charge in [-0.2, -0.15) is 0 Å². The molecule has 0 aliphatic heterocycles. The summed E-state index contributed by atoms with van der Waals surface area (Å²) in [5, 5.41) is 4.55. The molecule has 3 nitrogen and oxygen atoms in total. The van der Waals surface area contributed by atoms with Gasteiger partial charge >= 0.3 is 0 Å². The second kappa shape index (κ2) is 5.74. The van der Waals surface area contributed by atoms with E-state index in [1.165, 1.54) is 5.56 Å². The first kappa shape index (κ1) is 13.9. The Morgan fingerprint density at radius 2 is 1.95 bits per heavy atom. The van der Waals surface area contributed by atoms with E-state index in [0.717, 1.165) is 21.1 Å². The summed E-state index contributed by atoms with van der Waals surface area (Å²) in [5.41, 5.74) is 9.85. The average Bonchev–Trinajstić information content (AvgIpc) is 2.50. The van der Waals surface area contributed by atoms with Crippen LogP contribution in [-0.2, 0) is 0 Å². The Bertz CT molecular complexity index is 786. The second-order valence-electron chi connectivity index (χ2n) is 5.03. The number of nitrogens with one attached hydrogen (secondary N) is 1. The minimum Gasteiger partial charge on any atom is -0.396 e. The molecule has 1 atom stereocenters. The molecule has 3 rings (SSSR count). The lowest BCUT2D eigenvalue weighted by Gasteiger charge is -2.19. The molecule has 1 aromatic heterocycles. The maximum Gasteiger partial charge on any atom is 0.0743 e. The Morgan fingerprint density at radius 3 is 2.76 bits per heavy atom. The van der Waals surface area contributed by atoms with Crippen molar-refractivity contribution in [3.63, 3.8) is 0 Å². The number of nitrogen functional groups attached to an aromatic ring is 1. The van der Waals surface area contributed by atoms with Gasteiger partial charge in [-0.15, -0.1) is 0 Å². The van der Waals surface area contributed by atoms with E-state index in [1.54, 1.807) is 6.20 Å². The van der Waals surface area contributed by atoms with E-state index in [1.807, 2.05) is 36.4 Å². The molecular formula is C17H16BrN3. The van der Waals surface area contributed by atoms with E-state index < -0.39 is 0 Å². The highest BCUT2D eigenvalue weighted by Gasteiger charge is 2.11. The number of nitrogens with zero attached hydrogens (tertiary/aromatic N) is 1. The van der Waals surface area contributed by atoms with Crippen molar-refractivity contribution in [3.8, 4) is 0 Å². The van der Waals surface area contributed by atoms with Gasteiger partial charge in [-0.1, -0.05) is 46.3 Å². The van der Waals surface area contributed by atoms with Crippen molar-refractivity contribution < 1.29 is 0 Å². The largest absolute Gasteiger partial charge is 0.396 e. The normalized spacial score (nSPS) is 12.3. The molecule has 0 saturated carbocycles. The van der Waals surface area contributed by atoms with E-state index in [4.69, 9.17) is 5.73 Å². The molecule has 0 saturated heterocycles. The number of pyridine rings is 1. The van der Waals surface area contributed by atoms with Crippen molar-refractivity contribution in [1.29, 1.82) is 0 Å². The van der Waals surface area contributed by atoms with Gasteiger partial charge in [0.05, 0.1) is 23.1 Å². The van der Waals surface area contributed by atoms with Gasteiger partial charge in [-0.25, -0.2) is 0 Å². The monoisotopic (exact) mass is 341 g/mol. The van der Waals surface area contributed by atoms with Crippen LogP contribution in [0.15, 0.2) is 59.2 Å². The van der Waals surface area contributed by atoms with Gasteiger partial charge < -0.3 is 11.1 Å². The molecule has 1 heterocycles. The highest BCUT2D eigenvalue weighted by atomic mass is 79.9. The highest BCUT2D eigenvalue weighted by Crippen LogP contribution is 2.31. The zero-order valence-corrected chi connectivity index (χ0v) is 13.3. The number of fused-ring (bicyclic) bond motifs is 1. The Balaban J connectivity index is 1.99. The molecule has 3 aromatic rings. The summed E-state index contributed by atoms with van der Waals surface area (Å²) < 4.78 is 1.07. The predicted molar refractivity (Wildman–Crippen MR) is 92.3 cm³/mol. The standard InChI is InChI=1S/C17H16BrN3/c1-11(12-5-4-6-13(18)9-12)21-17-14-7-2-3-8-16(14)20-10-15(17)19/h2-11H,19H2,1H3,(H,20,21). The number of nitrogens with two attached hydrogens (primary N) is 1. The minimum atomic E-state index is 0.149. The molecule has 106 valence electrons. The molecule has 4 heteroatoms. The van der Waals surface area contributed by atoms with Crippen molar-refractivity contribution >= 4 is 38.2 Å². The highest BCUT2D eigenvalue weighted by molar-refractivity contribution is 9.10. The smallest absolute Gasteiger partial charge is 0.0743 e. The van der Waals surface area contributed by atoms with Crippen LogP contribution in [0.2, 0.25) is 0 Å². The first-order valence-electron chi connectivity index (χ1n) is 6.80. The maximum absolute atomic E-state index is 6.11. The lowest BCUT2D eigenvalue weighted by atomic mass is 10.1. The molecular weight excluding hydrogens is 326 g/mol. The number of aromatic nitrogens is 1. The summed E-state index contributed by atoms with van der Waals surface area (Å²) in [5.74, 6) is 0. The number of hydrogen-bond acceptors (Lipinski definition) is 3. The van der Waals surface area contributed by atoms with Gasteiger partial charge in [0.2, 0.25) is 0 Å². The van der Waals surface area contributed by atoms with Crippen LogP contribution in [0, 0.1) is 0 Å². The van der Waals surface area contributed by atoms with Crippen molar-refractivity contribution in [2.24, 2.45) is 0 Å². The molecule has 0 spiro atoms. The van der Waals surface area contributed by atoms with E-state index in [-0.39, 0.29) is 6.04 Å². The SMILES string of the molecule is CC(Nc1c(N)cnc2ccccc12)c1cccc(Br)c1. The Hall–Kier alpha value is -2.07. The van der Waals surface area contributed by atoms with Crippen molar-refractivity contribution in [3.05, 3.63) is 64.8 Å². The van der Waals surface area contributed by atoms with Crippen LogP contribution in [0.4, 0.5) is 11.4 Å². The number of benzene rings is 2. The average molecular weight is 342 g/mol. The predicted octanol–water partition coefficient (Wildman–Crippen LogP) is 4.75. The second-order valence-corrected chi connectivity index (χ2v) is 5.94. The summed E-state index contributed by atoms with van der Waals surface area (Å²) >= 11 is 3.51. The van der Waals surface area contributed by atoms with Crippen molar-refractivity contribution in [2.45, 2.75) is 13.0 Å². The summed E-state index contributed by atoms with van der Waals surface area (Å²) in [7, 11) is 0. The van der Waals surface area contributed by atoms with Gasteiger partial charge in [-0.05, 0) is 30.7 Å². The number of hydrogen-bond donors (Lipinski definition) is 2. The first-order valence-corrected chi connectivity index (χ1v) is 7.59. The van der Waals surface area contributed by atoms with E-state index in [9.17, 15) is 0 Å². The summed E-state index contributed by atoms with van der Waals surface area (Å²) in [6, 6.07) is 16.4. The number of para-hydroxylation sites is 1. The fraction of sp³-hybridized carbons (Fsp3) is 0.118.